The van der Waals surface area contributed by atoms with Gasteiger partial charge in [-0.25, -0.2) is 0 Å². The lowest BCUT2D eigenvalue weighted by molar-refractivity contribution is 0.102. The third kappa shape index (κ3) is 4.59. The summed E-state index contributed by atoms with van der Waals surface area (Å²) >= 11 is 0. The molecule has 0 saturated carbocycles. The van der Waals surface area contributed by atoms with Crippen molar-refractivity contribution >= 4 is 33.3 Å². The predicted octanol–water partition coefficient (Wildman–Crippen LogP) is 6.46. The van der Waals surface area contributed by atoms with Crippen LogP contribution in [0, 0.1) is 0 Å². The van der Waals surface area contributed by atoms with Crippen molar-refractivity contribution in [2.45, 2.75) is 0 Å². The summed E-state index contributed by atoms with van der Waals surface area (Å²) in [6.45, 7) is 0. The molecule has 0 radical (unpaired) electrons. The molecule has 0 fully saturated rings. The van der Waals surface area contributed by atoms with Gasteiger partial charge in [-0.1, -0.05) is 18.2 Å². The van der Waals surface area contributed by atoms with Crippen LogP contribution in [-0.2, 0) is 0 Å². The van der Waals surface area contributed by atoms with Gasteiger partial charge in [0.1, 0.15) is 17.2 Å². The second kappa shape index (κ2) is 9.84. The van der Waals surface area contributed by atoms with Gasteiger partial charge < -0.3 is 24.3 Å². The molecule has 1 heterocycles. The van der Waals surface area contributed by atoms with Crippen molar-refractivity contribution in [1.82, 2.24) is 4.98 Å². The molecule has 36 heavy (non-hydrogen) atoms. The minimum Gasteiger partial charge on any atom is -0.497 e. The van der Waals surface area contributed by atoms with E-state index >= 15 is 0 Å². The molecular formula is C29H24N2O5. The predicted molar refractivity (Wildman–Crippen MR) is 140 cm³/mol. The van der Waals surface area contributed by atoms with Crippen molar-refractivity contribution in [3.63, 3.8) is 0 Å². The van der Waals surface area contributed by atoms with E-state index in [0.29, 0.717) is 40.0 Å². The smallest absolute Gasteiger partial charge is 0.255 e. The van der Waals surface area contributed by atoms with E-state index in [4.69, 9.17) is 18.9 Å². The second-order valence-electron chi connectivity index (χ2n) is 8.05. The van der Waals surface area contributed by atoms with E-state index in [1.807, 2.05) is 54.6 Å². The molecule has 0 atom stereocenters. The van der Waals surface area contributed by atoms with Crippen LogP contribution in [0.25, 0.3) is 21.7 Å². The zero-order valence-corrected chi connectivity index (χ0v) is 20.1. The van der Waals surface area contributed by atoms with E-state index in [-0.39, 0.29) is 5.91 Å². The standard InChI is InChI=1S/C29H24N2O5/c1-33-22-6-4-5-20(15-22)29(32)31-21-9-7-19-14-23(10-8-18(19)13-21)36-26-11-12-30-25-17-28(35-3)27(34-2)16-24(25)26/h4-17H,1-3H3,(H,31,32). The Hall–Kier alpha value is -4.78. The van der Waals surface area contributed by atoms with Crippen LogP contribution in [-0.4, -0.2) is 32.2 Å². The molecule has 0 saturated heterocycles. The zero-order chi connectivity index (χ0) is 25.1. The van der Waals surface area contributed by atoms with E-state index in [1.54, 1.807) is 51.8 Å². The van der Waals surface area contributed by atoms with Crippen LogP contribution in [0.4, 0.5) is 5.69 Å². The molecule has 0 aliphatic heterocycles. The summed E-state index contributed by atoms with van der Waals surface area (Å²) in [7, 11) is 4.76. The largest absolute Gasteiger partial charge is 0.497 e. The molecule has 180 valence electrons. The maximum Gasteiger partial charge on any atom is 0.255 e. The van der Waals surface area contributed by atoms with Crippen LogP contribution in [0.15, 0.2) is 85.1 Å². The van der Waals surface area contributed by atoms with Gasteiger partial charge in [-0.15, -0.1) is 0 Å². The number of amides is 1. The minimum absolute atomic E-state index is 0.204. The first-order valence-corrected chi connectivity index (χ1v) is 11.3. The summed E-state index contributed by atoms with van der Waals surface area (Å²) in [5, 5.41) is 5.70. The van der Waals surface area contributed by atoms with Gasteiger partial charge in [0.2, 0.25) is 0 Å². The number of anilines is 1. The third-order valence-electron chi connectivity index (χ3n) is 5.84. The average molecular weight is 481 g/mol. The number of carbonyl (C=O) groups excluding carboxylic acids is 1. The van der Waals surface area contributed by atoms with Crippen molar-refractivity contribution in [2.24, 2.45) is 0 Å². The number of ether oxygens (including phenoxy) is 4. The number of rotatable bonds is 7. The van der Waals surface area contributed by atoms with Crippen LogP contribution in [0.2, 0.25) is 0 Å². The quantitative estimate of drug-likeness (QED) is 0.288. The molecule has 5 rings (SSSR count). The summed E-state index contributed by atoms with van der Waals surface area (Å²) < 4.78 is 22.3. The number of hydrogen-bond donors (Lipinski definition) is 1. The van der Waals surface area contributed by atoms with Gasteiger partial charge in [0, 0.05) is 28.9 Å². The molecule has 4 aromatic carbocycles. The fourth-order valence-corrected chi connectivity index (χ4v) is 4.00. The van der Waals surface area contributed by atoms with Crippen molar-refractivity contribution in [3.05, 3.63) is 90.6 Å². The summed E-state index contributed by atoms with van der Waals surface area (Å²) in [5.41, 5.74) is 1.96. The van der Waals surface area contributed by atoms with E-state index in [1.165, 1.54) is 0 Å². The molecule has 1 amide bonds. The van der Waals surface area contributed by atoms with Gasteiger partial charge in [-0.05, 0) is 65.4 Å². The van der Waals surface area contributed by atoms with Gasteiger partial charge in [0.25, 0.3) is 5.91 Å². The highest BCUT2D eigenvalue weighted by Crippen LogP contribution is 2.37. The normalized spacial score (nSPS) is 10.8. The summed E-state index contributed by atoms with van der Waals surface area (Å²) in [6, 6.07) is 24.1. The summed E-state index contributed by atoms with van der Waals surface area (Å²) in [5.74, 6) is 2.97. The Bertz CT molecular complexity index is 1580. The number of nitrogens with zero attached hydrogens (tertiary/aromatic N) is 1. The number of carbonyl (C=O) groups is 1. The molecule has 1 aromatic heterocycles. The molecule has 1 N–H and O–H groups in total. The number of hydrogen-bond acceptors (Lipinski definition) is 6. The van der Waals surface area contributed by atoms with E-state index < -0.39 is 0 Å². The van der Waals surface area contributed by atoms with E-state index in [2.05, 4.69) is 10.3 Å². The first kappa shape index (κ1) is 23.0. The molecule has 0 unspecified atom stereocenters. The number of benzene rings is 4. The lowest BCUT2D eigenvalue weighted by Crippen LogP contribution is -2.11. The van der Waals surface area contributed by atoms with Crippen LogP contribution in [0.1, 0.15) is 10.4 Å². The summed E-state index contributed by atoms with van der Waals surface area (Å²) in [4.78, 5) is 17.1. The van der Waals surface area contributed by atoms with Gasteiger partial charge >= 0.3 is 0 Å². The molecule has 5 aromatic rings. The van der Waals surface area contributed by atoms with Crippen molar-refractivity contribution in [2.75, 3.05) is 26.6 Å². The van der Waals surface area contributed by atoms with Gasteiger partial charge in [0.15, 0.2) is 11.5 Å². The maximum absolute atomic E-state index is 12.7. The lowest BCUT2D eigenvalue weighted by atomic mass is 10.1. The van der Waals surface area contributed by atoms with Crippen LogP contribution < -0.4 is 24.3 Å². The van der Waals surface area contributed by atoms with Crippen molar-refractivity contribution in [3.8, 4) is 28.7 Å². The summed E-state index contributed by atoms with van der Waals surface area (Å²) in [6.07, 6.45) is 1.70. The highest BCUT2D eigenvalue weighted by Gasteiger charge is 2.12. The Balaban J connectivity index is 1.39. The average Bonchev–Trinajstić information content (AvgIpc) is 2.92. The Morgan fingerprint density at radius 2 is 1.50 bits per heavy atom. The number of aromatic nitrogens is 1. The maximum atomic E-state index is 12.7. The van der Waals surface area contributed by atoms with Gasteiger partial charge in [-0.2, -0.15) is 0 Å². The van der Waals surface area contributed by atoms with Crippen LogP contribution in [0.3, 0.4) is 0 Å². The van der Waals surface area contributed by atoms with Gasteiger partial charge in [-0.3, -0.25) is 9.78 Å². The first-order valence-electron chi connectivity index (χ1n) is 11.3. The molecule has 0 bridgehead atoms. The van der Waals surface area contributed by atoms with Crippen LogP contribution >= 0.6 is 0 Å². The number of methoxy groups -OCH3 is 3. The van der Waals surface area contributed by atoms with Crippen molar-refractivity contribution in [1.29, 1.82) is 0 Å². The van der Waals surface area contributed by atoms with Gasteiger partial charge in [0.05, 0.1) is 26.8 Å². The first-order chi connectivity index (χ1) is 17.6. The Labute approximate surface area is 208 Å². The third-order valence-corrected chi connectivity index (χ3v) is 5.84. The Morgan fingerprint density at radius 3 is 2.31 bits per heavy atom. The molecule has 0 aliphatic carbocycles. The molecular weight excluding hydrogens is 456 g/mol. The highest BCUT2D eigenvalue weighted by atomic mass is 16.5. The second-order valence-corrected chi connectivity index (χ2v) is 8.05. The fraction of sp³-hybridized carbons (Fsp3) is 0.103. The Morgan fingerprint density at radius 1 is 0.722 bits per heavy atom. The van der Waals surface area contributed by atoms with E-state index in [0.717, 1.165) is 21.7 Å². The fourth-order valence-electron chi connectivity index (χ4n) is 4.00. The SMILES string of the molecule is COc1cccc(C(=O)Nc2ccc3cc(Oc4ccnc5cc(OC)c(OC)cc45)ccc3c2)c1. The highest BCUT2D eigenvalue weighted by molar-refractivity contribution is 6.05. The molecule has 0 spiro atoms. The molecule has 7 nitrogen and oxygen atoms in total. The monoisotopic (exact) mass is 480 g/mol. The molecule has 7 heteroatoms. The topological polar surface area (TPSA) is 78.9 Å². The number of pyridine rings is 1. The zero-order valence-electron chi connectivity index (χ0n) is 20.1. The van der Waals surface area contributed by atoms with Crippen LogP contribution in [0.5, 0.6) is 28.7 Å². The lowest BCUT2D eigenvalue weighted by Gasteiger charge is -2.13. The Kier molecular flexibility index (Phi) is 6.28. The number of nitrogens with one attached hydrogen (secondary N) is 1. The molecule has 0 aliphatic rings. The number of fused-ring (bicyclic) bond motifs is 2. The van der Waals surface area contributed by atoms with Crippen molar-refractivity contribution < 1.29 is 23.7 Å². The minimum atomic E-state index is -0.204. The van der Waals surface area contributed by atoms with E-state index in [9.17, 15) is 4.79 Å².